The summed E-state index contributed by atoms with van der Waals surface area (Å²) in [6.45, 7) is 2.12. The van der Waals surface area contributed by atoms with Crippen molar-refractivity contribution in [3.8, 4) is 5.75 Å². The molecular weight excluding hydrogens is 340 g/mol. The SMILES string of the molecule is CCCC/C=C(\C(=O)c1ccc(Br)cc1)c1ccccc1O. The summed E-state index contributed by atoms with van der Waals surface area (Å²) in [6, 6.07) is 14.3. The maximum absolute atomic E-state index is 12.8. The van der Waals surface area contributed by atoms with E-state index >= 15 is 0 Å². The van der Waals surface area contributed by atoms with E-state index in [0.29, 0.717) is 16.7 Å². The lowest BCUT2D eigenvalue weighted by Gasteiger charge is -2.10. The van der Waals surface area contributed by atoms with Crippen molar-refractivity contribution in [1.29, 1.82) is 0 Å². The molecule has 0 amide bonds. The molecule has 0 aromatic heterocycles. The summed E-state index contributed by atoms with van der Waals surface area (Å²) in [4.78, 5) is 12.8. The lowest BCUT2D eigenvalue weighted by Crippen LogP contribution is -2.03. The fraction of sp³-hybridized carbons (Fsp3) is 0.211. The molecule has 0 spiro atoms. The van der Waals surface area contributed by atoms with E-state index in [9.17, 15) is 9.90 Å². The Hall–Kier alpha value is -1.87. The summed E-state index contributed by atoms with van der Waals surface area (Å²) >= 11 is 3.37. The average molecular weight is 359 g/mol. The molecule has 0 saturated carbocycles. The van der Waals surface area contributed by atoms with E-state index in [2.05, 4.69) is 22.9 Å². The highest BCUT2D eigenvalue weighted by Crippen LogP contribution is 2.28. The zero-order chi connectivity index (χ0) is 15.9. The van der Waals surface area contributed by atoms with E-state index in [1.807, 2.05) is 24.3 Å². The quantitative estimate of drug-likeness (QED) is 0.413. The molecule has 114 valence electrons. The van der Waals surface area contributed by atoms with Crippen LogP contribution in [0.25, 0.3) is 5.57 Å². The van der Waals surface area contributed by atoms with Gasteiger partial charge in [0.1, 0.15) is 5.75 Å². The van der Waals surface area contributed by atoms with Crippen LogP contribution in [0.3, 0.4) is 0 Å². The molecule has 0 aliphatic rings. The predicted octanol–water partition coefficient (Wildman–Crippen LogP) is 5.61. The molecule has 0 unspecified atom stereocenters. The molecule has 0 radical (unpaired) electrons. The largest absolute Gasteiger partial charge is 0.507 e. The molecule has 1 N–H and O–H groups in total. The topological polar surface area (TPSA) is 37.3 Å². The van der Waals surface area contributed by atoms with Crippen molar-refractivity contribution in [1.82, 2.24) is 0 Å². The lowest BCUT2D eigenvalue weighted by atomic mass is 9.94. The minimum absolute atomic E-state index is 0.0647. The second-order valence-corrected chi connectivity index (χ2v) is 6.03. The van der Waals surface area contributed by atoms with Crippen LogP contribution in [-0.2, 0) is 0 Å². The third-order valence-electron chi connectivity index (χ3n) is 3.45. The fourth-order valence-corrected chi connectivity index (χ4v) is 2.50. The molecule has 0 heterocycles. The summed E-state index contributed by atoms with van der Waals surface area (Å²) in [5, 5.41) is 10.1. The molecule has 0 aliphatic heterocycles. The maximum atomic E-state index is 12.8. The second-order valence-electron chi connectivity index (χ2n) is 5.11. The molecule has 22 heavy (non-hydrogen) atoms. The average Bonchev–Trinajstić information content (AvgIpc) is 2.53. The van der Waals surface area contributed by atoms with Crippen molar-refractivity contribution in [2.75, 3.05) is 0 Å². The number of unbranched alkanes of at least 4 members (excludes halogenated alkanes) is 2. The van der Waals surface area contributed by atoms with Gasteiger partial charge < -0.3 is 5.11 Å². The number of aromatic hydroxyl groups is 1. The molecule has 0 fully saturated rings. The van der Waals surface area contributed by atoms with E-state index in [1.165, 1.54) is 0 Å². The van der Waals surface area contributed by atoms with Gasteiger partial charge >= 0.3 is 0 Å². The first-order valence-electron chi connectivity index (χ1n) is 7.42. The van der Waals surface area contributed by atoms with Gasteiger partial charge in [0.05, 0.1) is 0 Å². The smallest absolute Gasteiger partial charge is 0.193 e. The summed E-state index contributed by atoms with van der Waals surface area (Å²) in [5.74, 6) is 0.0702. The summed E-state index contributed by atoms with van der Waals surface area (Å²) in [7, 11) is 0. The minimum Gasteiger partial charge on any atom is -0.507 e. The highest BCUT2D eigenvalue weighted by Gasteiger charge is 2.16. The monoisotopic (exact) mass is 358 g/mol. The maximum Gasteiger partial charge on any atom is 0.193 e. The number of benzene rings is 2. The van der Waals surface area contributed by atoms with Crippen LogP contribution < -0.4 is 0 Å². The fourth-order valence-electron chi connectivity index (χ4n) is 2.23. The summed E-state index contributed by atoms with van der Waals surface area (Å²) in [6.07, 6.45) is 4.84. The van der Waals surface area contributed by atoms with E-state index in [1.54, 1.807) is 30.3 Å². The number of Topliss-reactive ketones (excluding diaryl/α,β-unsaturated/α-hetero) is 1. The van der Waals surface area contributed by atoms with E-state index < -0.39 is 0 Å². The van der Waals surface area contributed by atoms with Gasteiger partial charge in [-0.15, -0.1) is 0 Å². The van der Waals surface area contributed by atoms with Crippen molar-refractivity contribution >= 4 is 27.3 Å². The van der Waals surface area contributed by atoms with Gasteiger partial charge in [-0.2, -0.15) is 0 Å². The first kappa shape index (κ1) is 16.5. The Balaban J connectivity index is 2.40. The van der Waals surface area contributed by atoms with Crippen molar-refractivity contribution in [2.24, 2.45) is 0 Å². The Labute approximate surface area is 139 Å². The van der Waals surface area contributed by atoms with Crippen LogP contribution in [0.4, 0.5) is 0 Å². The highest BCUT2D eigenvalue weighted by atomic mass is 79.9. The van der Waals surface area contributed by atoms with Crippen LogP contribution >= 0.6 is 15.9 Å². The molecule has 0 bridgehead atoms. The third kappa shape index (κ3) is 4.08. The Kier molecular flexibility index (Phi) is 5.96. The Bertz CT molecular complexity index is 672. The molecule has 2 nitrogen and oxygen atoms in total. The number of phenolic OH excluding ortho intramolecular Hbond substituents is 1. The van der Waals surface area contributed by atoms with Gasteiger partial charge in [0.15, 0.2) is 5.78 Å². The molecule has 2 aromatic rings. The third-order valence-corrected chi connectivity index (χ3v) is 3.98. The predicted molar refractivity (Wildman–Crippen MR) is 94.1 cm³/mol. The number of hydrogen-bond acceptors (Lipinski definition) is 2. The number of carbonyl (C=O) groups excluding carboxylic acids is 1. The van der Waals surface area contributed by atoms with Gasteiger partial charge in [0, 0.05) is 21.2 Å². The van der Waals surface area contributed by atoms with Crippen LogP contribution in [0.5, 0.6) is 5.75 Å². The Morgan fingerprint density at radius 2 is 1.82 bits per heavy atom. The van der Waals surface area contributed by atoms with Crippen LogP contribution in [0.15, 0.2) is 59.1 Å². The number of rotatable bonds is 6. The van der Waals surface area contributed by atoms with Gasteiger partial charge in [0.2, 0.25) is 0 Å². The van der Waals surface area contributed by atoms with Crippen LogP contribution in [0.2, 0.25) is 0 Å². The van der Waals surface area contributed by atoms with Gasteiger partial charge in [-0.05, 0) is 36.8 Å². The molecule has 0 saturated heterocycles. The van der Waals surface area contributed by atoms with Gasteiger partial charge in [-0.1, -0.05) is 60.0 Å². The first-order valence-corrected chi connectivity index (χ1v) is 8.21. The Morgan fingerprint density at radius 3 is 2.45 bits per heavy atom. The highest BCUT2D eigenvalue weighted by molar-refractivity contribution is 9.10. The normalized spacial score (nSPS) is 11.5. The standard InChI is InChI=1S/C19H19BrO2/c1-2-3-4-8-17(16-7-5-6-9-18(16)21)19(22)14-10-12-15(20)13-11-14/h5-13,21H,2-4H2,1H3/b17-8-. The first-order chi connectivity index (χ1) is 10.6. The number of para-hydroxylation sites is 1. The van der Waals surface area contributed by atoms with E-state index in [-0.39, 0.29) is 11.5 Å². The van der Waals surface area contributed by atoms with Crippen molar-refractivity contribution in [3.63, 3.8) is 0 Å². The summed E-state index contributed by atoms with van der Waals surface area (Å²) in [5.41, 5.74) is 1.77. The molecule has 0 aliphatic carbocycles. The van der Waals surface area contributed by atoms with Crippen molar-refractivity contribution in [3.05, 3.63) is 70.2 Å². The summed E-state index contributed by atoms with van der Waals surface area (Å²) < 4.78 is 0.933. The Morgan fingerprint density at radius 1 is 1.14 bits per heavy atom. The zero-order valence-corrected chi connectivity index (χ0v) is 14.1. The minimum atomic E-state index is -0.0647. The number of ketones is 1. The molecule has 2 aromatic carbocycles. The van der Waals surface area contributed by atoms with Crippen molar-refractivity contribution < 1.29 is 9.90 Å². The van der Waals surface area contributed by atoms with E-state index in [4.69, 9.17) is 0 Å². The van der Waals surface area contributed by atoms with E-state index in [0.717, 1.165) is 23.7 Å². The molecule has 3 heteroatoms. The van der Waals surface area contributed by atoms with Crippen molar-refractivity contribution in [2.45, 2.75) is 26.2 Å². The van der Waals surface area contributed by atoms with Gasteiger partial charge in [-0.3, -0.25) is 4.79 Å². The molecular formula is C19H19BrO2. The second kappa shape index (κ2) is 7.95. The van der Waals surface area contributed by atoms with Crippen LogP contribution in [-0.4, -0.2) is 10.9 Å². The van der Waals surface area contributed by atoms with Crippen LogP contribution in [0.1, 0.15) is 42.1 Å². The lowest BCUT2D eigenvalue weighted by molar-refractivity contribution is 0.105. The van der Waals surface area contributed by atoms with Gasteiger partial charge in [-0.25, -0.2) is 0 Å². The van der Waals surface area contributed by atoms with Gasteiger partial charge in [0.25, 0.3) is 0 Å². The molecule has 2 rings (SSSR count). The zero-order valence-electron chi connectivity index (χ0n) is 12.6. The molecule has 0 atom stereocenters. The number of carbonyl (C=O) groups is 1. The number of hydrogen-bond donors (Lipinski definition) is 1. The number of allylic oxidation sites excluding steroid dienone is 2. The number of phenols is 1. The number of halogens is 1. The van der Waals surface area contributed by atoms with Crippen LogP contribution in [0, 0.1) is 0 Å².